The van der Waals surface area contributed by atoms with Crippen molar-refractivity contribution in [3.8, 4) is 6.07 Å². The van der Waals surface area contributed by atoms with E-state index in [9.17, 15) is 18.0 Å². The standard InChI is InChI=1S/C14H17F3N2O/c1-19-13(10-18,5-6-14(15,16)17)8-11-3-2-4-12(7-11)9-20/h9,11-12H,2-8H2/t11-,12+,13?/m0/s1. The van der Waals surface area contributed by atoms with E-state index in [4.69, 9.17) is 11.8 Å². The highest BCUT2D eigenvalue weighted by Gasteiger charge is 2.44. The van der Waals surface area contributed by atoms with Crippen LogP contribution in [-0.4, -0.2) is 18.0 Å². The van der Waals surface area contributed by atoms with Gasteiger partial charge in [-0.15, -0.1) is 0 Å². The van der Waals surface area contributed by atoms with Gasteiger partial charge in [0.2, 0.25) is 0 Å². The van der Waals surface area contributed by atoms with Crippen molar-refractivity contribution < 1.29 is 18.0 Å². The van der Waals surface area contributed by atoms with E-state index in [0.717, 1.165) is 25.5 Å². The van der Waals surface area contributed by atoms with Gasteiger partial charge in [0.1, 0.15) is 6.29 Å². The van der Waals surface area contributed by atoms with Crippen LogP contribution in [0.5, 0.6) is 0 Å². The number of hydrogen-bond acceptors (Lipinski definition) is 2. The molecule has 0 bridgehead atoms. The Labute approximate surface area is 116 Å². The maximum Gasteiger partial charge on any atom is 0.389 e. The molecule has 0 aromatic heterocycles. The topological polar surface area (TPSA) is 45.2 Å². The Morgan fingerprint density at radius 3 is 2.55 bits per heavy atom. The monoisotopic (exact) mass is 286 g/mol. The molecule has 3 nitrogen and oxygen atoms in total. The van der Waals surface area contributed by atoms with Crippen molar-refractivity contribution in [1.29, 1.82) is 5.26 Å². The van der Waals surface area contributed by atoms with E-state index in [1.807, 2.05) is 0 Å². The van der Waals surface area contributed by atoms with E-state index >= 15 is 0 Å². The molecular formula is C14H17F3N2O. The minimum Gasteiger partial charge on any atom is -0.303 e. The molecule has 1 rings (SSSR count). The molecule has 1 aliphatic rings. The minimum absolute atomic E-state index is 0.0130. The van der Waals surface area contributed by atoms with Crippen molar-refractivity contribution >= 4 is 6.29 Å². The zero-order chi connectivity index (χ0) is 15.2. The summed E-state index contributed by atoms with van der Waals surface area (Å²) in [6, 6.07) is 1.78. The van der Waals surface area contributed by atoms with E-state index < -0.39 is 24.6 Å². The van der Waals surface area contributed by atoms with Gasteiger partial charge >= 0.3 is 11.7 Å². The number of carbonyl (C=O) groups is 1. The molecule has 0 saturated heterocycles. The summed E-state index contributed by atoms with van der Waals surface area (Å²) in [5, 5.41) is 9.13. The Morgan fingerprint density at radius 2 is 2.05 bits per heavy atom. The number of nitrogens with zero attached hydrogens (tertiary/aromatic N) is 2. The second kappa shape index (κ2) is 6.74. The first kappa shape index (κ1) is 16.5. The molecule has 20 heavy (non-hydrogen) atoms. The third-order valence-electron chi connectivity index (χ3n) is 3.89. The van der Waals surface area contributed by atoms with E-state index in [-0.39, 0.29) is 18.3 Å². The minimum atomic E-state index is -4.36. The van der Waals surface area contributed by atoms with Crippen LogP contribution in [0.1, 0.15) is 44.9 Å². The Kier molecular flexibility index (Phi) is 5.56. The first-order valence-electron chi connectivity index (χ1n) is 6.66. The maximum atomic E-state index is 12.3. The van der Waals surface area contributed by atoms with Gasteiger partial charge in [-0.05, 0) is 18.8 Å². The molecule has 3 atom stereocenters. The van der Waals surface area contributed by atoms with Crippen LogP contribution in [0.15, 0.2) is 0 Å². The molecule has 0 radical (unpaired) electrons. The SMILES string of the molecule is [C-]#[N+]C(C#N)(CCC(F)(F)F)C[C@H]1CCC[C@@H](C=O)C1. The summed E-state index contributed by atoms with van der Waals surface area (Å²) >= 11 is 0. The van der Waals surface area contributed by atoms with E-state index in [1.165, 1.54) is 0 Å². The number of hydrogen-bond donors (Lipinski definition) is 0. The molecule has 0 aromatic carbocycles. The molecule has 0 aliphatic heterocycles. The average molecular weight is 286 g/mol. The maximum absolute atomic E-state index is 12.3. The summed E-state index contributed by atoms with van der Waals surface area (Å²) < 4.78 is 36.9. The van der Waals surface area contributed by atoms with E-state index in [2.05, 4.69) is 4.85 Å². The quantitative estimate of drug-likeness (QED) is 0.568. The molecule has 1 aliphatic carbocycles. The normalized spacial score (nSPS) is 26.1. The fraction of sp³-hybridized carbons (Fsp3) is 0.786. The van der Waals surface area contributed by atoms with Gasteiger partial charge in [-0.2, -0.15) is 18.4 Å². The molecule has 110 valence electrons. The number of halogens is 3. The number of rotatable bonds is 5. The molecule has 0 aromatic rings. The largest absolute Gasteiger partial charge is 0.389 e. The highest BCUT2D eigenvalue weighted by molar-refractivity contribution is 5.53. The van der Waals surface area contributed by atoms with Crippen LogP contribution in [0.4, 0.5) is 13.2 Å². The van der Waals surface area contributed by atoms with E-state index in [1.54, 1.807) is 6.07 Å². The fourth-order valence-electron chi connectivity index (χ4n) is 2.80. The lowest BCUT2D eigenvalue weighted by atomic mass is 9.75. The molecule has 6 heteroatoms. The van der Waals surface area contributed by atoms with Crippen LogP contribution in [0, 0.1) is 29.7 Å². The first-order valence-corrected chi connectivity index (χ1v) is 6.66. The molecular weight excluding hydrogens is 269 g/mol. The molecule has 0 spiro atoms. The molecule has 0 N–H and O–H groups in total. The first-order chi connectivity index (χ1) is 9.34. The van der Waals surface area contributed by atoms with Gasteiger partial charge in [0.25, 0.3) is 0 Å². The van der Waals surface area contributed by atoms with Crippen LogP contribution >= 0.6 is 0 Å². The Morgan fingerprint density at radius 1 is 1.35 bits per heavy atom. The van der Waals surface area contributed by atoms with Crippen molar-refractivity contribution in [3.63, 3.8) is 0 Å². The van der Waals surface area contributed by atoms with Crippen LogP contribution < -0.4 is 0 Å². The lowest BCUT2D eigenvalue weighted by molar-refractivity contribution is -0.137. The van der Waals surface area contributed by atoms with Crippen LogP contribution in [0.2, 0.25) is 0 Å². The second-order valence-corrected chi connectivity index (χ2v) is 5.50. The molecule has 0 amide bonds. The Hall–Kier alpha value is -1.56. The highest BCUT2D eigenvalue weighted by atomic mass is 19.4. The van der Waals surface area contributed by atoms with Gasteiger partial charge in [-0.1, -0.05) is 12.8 Å². The van der Waals surface area contributed by atoms with Crippen molar-refractivity contribution in [2.75, 3.05) is 0 Å². The van der Waals surface area contributed by atoms with Crippen LogP contribution in [0.3, 0.4) is 0 Å². The summed E-state index contributed by atoms with van der Waals surface area (Å²) in [7, 11) is 0. The van der Waals surface area contributed by atoms with Crippen molar-refractivity contribution in [2.45, 2.75) is 56.7 Å². The molecule has 0 heterocycles. The average Bonchev–Trinajstić information content (AvgIpc) is 2.43. The van der Waals surface area contributed by atoms with Gasteiger partial charge in [-0.3, -0.25) is 4.85 Å². The van der Waals surface area contributed by atoms with Gasteiger partial charge in [-0.25, -0.2) is 6.57 Å². The summed E-state index contributed by atoms with van der Waals surface area (Å²) in [5.41, 5.74) is -1.61. The third-order valence-corrected chi connectivity index (χ3v) is 3.89. The van der Waals surface area contributed by atoms with Gasteiger partial charge < -0.3 is 4.79 Å². The predicted octanol–water partition coefficient (Wildman–Crippen LogP) is 3.91. The predicted molar refractivity (Wildman–Crippen MR) is 66.4 cm³/mol. The Balaban J connectivity index is 2.69. The number of aldehydes is 1. The summed E-state index contributed by atoms with van der Waals surface area (Å²) in [6.45, 7) is 7.10. The van der Waals surface area contributed by atoms with Gasteiger partial charge in [0.05, 0.1) is 6.42 Å². The van der Waals surface area contributed by atoms with Crippen molar-refractivity contribution in [2.24, 2.45) is 11.8 Å². The van der Waals surface area contributed by atoms with E-state index in [0.29, 0.717) is 6.42 Å². The van der Waals surface area contributed by atoms with Gasteiger partial charge in [0.15, 0.2) is 6.07 Å². The van der Waals surface area contributed by atoms with Crippen LogP contribution in [-0.2, 0) is 4.79 Å². The summed E-state index contributed by atoms with van der Waals surface area (Å²) in [5.74, 6) is -0.0978. The van der Waals surface area contributed by atoms with Crippen molar-refractivity contribution in [3.05, 3.63) is 11.4 Å². The third kappa shape index (κ3) is 4.85. The summed E-state index contributed by atoms with van der Waals surface area (Å²) in [6.07, 6.45) is -1.99. The van der Waals surface area contributed by atoms with Gasteiger partial charge in [0, 0.05) is 18.8 Å². The zero-order valence-corrected chi connectivity index (χ0v) is 11.1. The lowest BCUT2D eigenvalue weighted by Crippen LogP contribution is -2.30. The van der Waals surface area contributed by atoms with Crippen LogP contribution in [0.25, 0.3) is 4.85 Å². The smallest absolute Gasteiger partial charge is 0.303 e. The molecule has 1 fully saturated rings. The lowest BCUT2D eigenvalue weighted by Gasteiger charge is -2.28. The fourth-order valence-corrected chi connectivity index (χ4v) is 2.80. The number of alkyl halides is 3. The highest BCUT2D eigenvalue weighted by Crippen LogP contribution is 2.38. The molecule has 1 unspecified atom stereocenters. The zero-order valence-electron chi connectivity index (χ0n) is 11.1. The molecule has 1 saturated carbocycles. The number of carbonyl (C=O) groups excluding carboxylic acids is 1. The Bertz CT molecular complexity index is 406. The summed E-state index contributed by atoms with van der Waals surface area (Å²) in [4.78, 5) is 14.0. The second-order valence-electron chi connectivity index (χ2n) is 5.50. The number of nitriles is 1. The van der Waals surface area contributed by atoms with Crippen molar-refractivity contribution in [1.82, 2.24) is 0 Å².